The first-order chi connectivity index (χ1) is 11.2. The Morgan fingerprint density at radius 1 is 1.25 bits per heavy atom. The van der Waals surface area contributed by atoms with Crippen LogP contribution in [0.3, 0.4) is 0 Å². The number of hydrogen-bond acceptors (Lipinski definition) is 9. The Hall–Kier alpha value is -2.50. The molecule has 0 saturated heterocycles. The predicted octanol–water partition coefficient (Wildman–Crippen LogP) is -0.0455. The fraction of sp³-hybridized carbons (Fsp3) is 0.167. The summed E-state index contributed by atoms with van der Waals surface area (Å²) in [6.45, 7) is -0.338. The fourth-order valence-electron chi connectivity index (χ4n) is 1.68. The predicted molar refractivity (Wildman–Crippen MR) is 85.5 cm³/mol. The van der Waals surface area contributed by atoms with Crippen LogP contribution in [0.25, 0.3) is 0 Å². The van der Waals surface area contributed by atoms with E-state index in [9.17, 15) is 13.2 Å². The molecule has 5 N–H and O–H groups in total. The third kappa shape index (κ3) is 4.07. The molecule has 128 valence electrons. The first-order valence-electron chi connectivity index (χ1n) is 6.39. The number of carbonyl (C=O) groups excluding carboxylic acids is 1. The second-order valence-electron chi connectivity index (χ2n) is 4.39. The van der Waals surface area contributed by atoms with Crippen molar-refractivity contribution in [1.29, 1.82) is 0 Å². The van der Waals surface area contributed by atoms with Gasteiger partial charge in [-0.2, -0.15) is 15.0 Å². The van der Waals surface area contributed by atoms with Gasteiger partial charge in [-0.3, -0.25) is 0 Å². The number of aromatic nitrogens is 3. The molecular formula is C12H13ClN6O4S. The van der Waals surface area contributed by atoms with Crippen molar-refractivity contribution in [1.82, 2.24) is 19.7 Å². The van der Waals surface area contributed by atoms with Gasteiger partial charge in [0.05, 0.1) is 15.5 Å². The lowest BCUT2D eigenvalue weighted by atomic mass is 10.2. The molecule has 0 fully saturated rings. The smallest absolute Gasteiger partial charge is 0.340 e. The summed E-state index contributed by atoms with van der Waals surface area (Å²) in [6.07, 6.45) is 0. The van der Waals surface area contributed by atoms with Gasteiger partial charge in [0.2, 0.25) is 21.9 Å². The van der Waals surface area contributed by atoms with Crippen LogP contribution in [0, 0.1) is 0 Å². The maximum absolute atomic E-state index is 12.1. The molecule has 0 atom stereocenters. The average Bonchev–Trinajstić information content (AvgIpc) is 2.52. The van der Waals surface area contributed by atoms with E-state index < -0.39 is 16.0 Å². The number of ether oxygens (including phenoxy) is 1. The van der Waals surface area contributed by atoms with E-state index in [1.807, 2.05) is 0 Å². The first kappa shape index (κ1) is 17.8. The van der Waals surface area contributed by atoms with Crippen molar-refractivity contribution in [3.63, 3.8) is 0 Å². The van der Waals surface area contributed by atoms with Gasteiger partial charge >= 0.3 is 5.97 Å². The van der Waals surface area contributed by atoms with E-state index in [0.29, 0.717) is 0 Å². The number of nitrogen functional groups attached to an aromatic ring is 2. The zero-order chi connectivity index (χ0) is 17.9. The Bertz CT molecular complexity index is 869. The summed E-state index contributed by atoms with van der Waals surface area (Å²) in [5.74, 6) is -1.04. The maximum Gasteiger partial charge on any atom is 0.340 e. The quantitative estimate of drug-likeness (QED) is 0.610. The van der Waals surface area contributed by atoms with Crippen LogP contribution in [0.5, 0.6) is 0 Å². The van der Waals surface area contributed by atoms with Gasteiger partial charge < -0.3 is 16.2 Å². The van der Waals surface area contributed by atoms with Crippen molar-refractivity contribution in [2.24, 2.45) is 0 Å². The van der Waals surface area contributed by atoms with Crippen molar-refractivity contribution < 1.29 is 17.9 Å². The minimum Gasteiger partial charge on any atom is -0.454 e. The monoisotopic (exact) mass is 372 g/mol. The van der Waals surface area contributed by atoms with Crippen LogP contribution >= 0.6 is 11.6 Å². The van der Waals surface area contributed by atoms with Gasteiger partial charge in [-0.1, -0.05) is 11.6 Å². The molecule has 0 amide bonds. The van der Waals surface area contributed by atoms with E-state index in [4.69, 9.17) is 27.8 Å². The van der Waals surface area contributed by atoms with Gasteiger partial charge in [-0.05, 0) is 25.2 Å². The summed E-state index contributed by atoms with van der Waals surface area (Å²) in [4.78, 5) is 23.1. The van der Waals surface area contributed by atoms with Crippen LogP contribution in [0.4, 0.5) is 11.9 Å². The van der Waals surface area contributed by atoms with Gasteiger partial charge in [0.25, 0.3) is 0 Å². The number of rotatable bonds is 5. The second-order valence-corrected chi connectivity index (χ2v) is 6.69. The average molecular weight is 373 g/mol. The van der Waals surface area contributed by atoms with Crippen molar-refractivity contribution in [3.8, 4) is 0 Å². The van der Waals surface area contributed by atoms with Crippen LogP contribution < -0.4 is 16.2 Å². The lowest BCUT2D eigenvalue weighted by molar-refractivity contribution is 0.0462. The topological polar surface area (TPSA) is 163 Å². The second kappa shape index (κ2) is 6.95. The highest BCUT2D eigenvalue weighted by Crippen LogP contribution is 2.21. The Morgan fingerprint density at radius 2 is 1.88 bits per heavy atom. The largest absolute Gasteiger partial charge is 0.454 e. The number of sulfonamides is 1. The minimum absolute atomic E-state index is 0.0322. The van der Waals surface area contributed by atoms with Crippen LogP contribution in [0.2, 0.25) is 5.02 Å². The minimum atomic E-state index is -3.73. The third-order valence-electron chi connectivity index (χ3n) is 2.79. The van der Waals surface area contributed by atoms with Gasteiger partial charge in [0.1, 0.15) is 0 Å². The molecule has 1 heterocycles. The molecule has 2 rings (SSSR count). The van der Waals surface area contributed by atoms with Gasteiger partial charge in [-0.15, -0.1) is 0 Å². The van der Waals surface area contributed by atoms with Crippen LogP contribution in [0.1, 0.15) is 16.2 Å². The molecule has 0 aliphatic heterocycles. The van der Waals surface area contributed by atoms with E-state index in [2.05, 4.69) is 19.7 Å². The highest BCUT2D eigenvalue weighted by atomic mass is 35.5. The maximum atomic E-state index is 12.1. The summed E-state index contributed by atoms with van der Waals surface area (Å²) in [7, 11) is -2.48. The van der Waals surface area contributed by atoms with Crippen molar-refractivity contribution in [2.45, 2.75) is 11.5 Å². The normalized spacial score (nSPS) is 11.2. The number of esters is 1. The molecule has 0 unspecified atom stereocenters. The summed E-state index contributed by atoms with van der Waals surface area (Å²) in [6, 6.07) is 3.65. The third-order valence-corrected chi connectivity index (χ3v) is 4.53. The summed E-state index contributed by atoms with van der Waals surface area (Å²) in [5.41, 5.74) is 10.7. The molecule has 1 aromatic carbocycles. The number of hydrogen-bond donors (Lipinski definition) is 3. The molecule has 24 heavy (non-hydrogen) atoms. The van der Waals surface area contributed by atoms with Crippen molar-refractivity contribution in [3.05, 3.63) is 34.6 Å². The molecular weight excluding hydrogens is 360 g/mol. The Labute approximate surface area is 142 Å². The molecule has 0 saturated carbocycles. The van der Waals surface area contributed by atoms with Gasteiger partial charge in [0, 0.05) is 0 Å². The Balaban J connectivity index is 2.22. The molecule has 10 nitrogen and oxygen atoms in total. The lowest BCUT2D eigenvalue weighted by Crippen LogP contribution is -2.19. The van der Waals surface area contributed by atoms with Crippen LogP contribution in [-0.2, 0) is 21.4 Å². The lowest BCUT2D eigenvalue weighted by Gasteiger charge is -2.08. The molecule has 0 bridgehead atoms. The summed E-state index contributed by atoms with van der Waals surface area (Å²) < 4.78 is 30.7. The molecule has 12 heteroatoms. The molecule has 0 aliphatic rings. The first-order valence-corrected chi connectivity index (χ1v) is 8.25. The number of nitrogens with one attached hydrogen (secondary N) is 1. The Kier molecular flexibility index (Phi) is 5.17. The number of anilines is 2. The van der Waals surface area contributed by atoms with Crippen LogP contribution in [0.15, 0.2) is 23.1 Å². The van der Waals surface area contributed by atoms with Crippen molar-refractivity contribution >= 4 is 39.5 Å². The number of nitrogens with zero attached hydrogens (tertiary/aromatic N) is 3. The molecule has 1 aromatic heterocycles. The van der Waals surface area contributed by atoms with Gasteiger partial charge in [-0.25, -0.2) is 17.9 Å². The summed E-state index contributed by atoms with van der Waals surface area (Å²) in [5, 5.41) is 0.0322. The molecule has 0 spiro atoms. The highest BCUT2D eigenvalue weighted by molar-refractivity contribution is 7.89. The van der Waals surface area contributed by atoms with E-state index >= 15 is 0 Å². The number of nitrogens with two attached hydrogens (primary N) is 2. The number of carbonyl (C=O) groups is 1. The van der Waals surface area contributed by atoms with E-state index in [-0.39, 0.29) is 39.8 Å². The van der Waals surface area contributed by atoms with Gasteiger partial charge in [0.15, 0.2) is 12.4 Å². The SMILES string of the molecule is CNS(=O)(=O)c1ccc(Cl)c(C(=O)OCc2nc(N)nc(N)n2)c1. The molecule has 0 radical (unpaired) electrons. The molecule has 2 aromatic rings. The number of benzene rings is 1. The zero-order valence-corrected chi connectivity index (χ0v) is 13.9. The van der Waals surface area contributed by atoms with Crippen molar-refractivity contribution in [2.75, 3.05) is 18.5 Å². The Morgan fingerprint density at radius 3 is 2.46 bits per heavy atom. The van der Waals surface area contributed by atoms with Crippen LogP contribution in [-0.4, -0.2) is 36.4 Å². The zero-order valence-electron chi connectivity index (χ0n) is 12.4. The number of halogens is 1. The standard InChI is InChI=1S/C12H13ClN6O4S/c1-16-24(21,22)6-2-3-8(13)7(4-6)10(20)23-5-9-17-11(14)19-12(15)18-9/h2-4,16H,5H2,1H3,(H4,14,15,17,18,19). The van der Waals surface area contributed by atoms with E-state index in [1.165, 1.54) is 19.2 Å². The van der Waals surface area contributed by atoms with E-state index in [0.717, 1.165) is 6.07 Å². The fourth-order valence-corrected chi connectivity index (χ4v) is 2.63. The van der Waals surface area contributed by atoms with E-state index in [1.54, 1.807) is 0 Å². The molecule has 0 aliphatic carbocycles. The summed E-state index contributed by atoms with van der Waals surface area (Å²) >= 11 is 5.92. The highest BCUT2D eigenvalue weighted by Gasteiger charge is 2.19.